The van der Waals surface area contributed by atoms with Crippen LogP contribution in [0.4, 0.5) is 0 Å². The van der Waals surface area contributed by atoms with Crippen molar-refractivity contribution in [3.8, 4) is 0 Å². The van der Waals surface area contributed by atoms with Gasteiger partial charge < -0.3 is 0 Å². The Kier molecular flexibility index (Phi) is 3.89. The lowest BCUT2D eigenvalue weighted by Crippen LogP contribution is -2.04. The van der Waals surface area contributed by atoms with Crippen LogP contribution >= 0.6 is 15.9 Å². The number of benzene rings is 3. The molecule has 21 heavy (non-hydrogen) atoms. The molecular formula is C19H15BrO. The summed E-state index contributed by atoms with van der Waals surface area (Å²) in [6, 6.07) is 20.0. The van der Waals surface area contributed by atoms with Gasteiger partial charge in [-0.2, -0.15) is 0 Å². The van der Waals surface area contributed by atoms with Crippen molar-refractivity contribution < 1.29 is 4.79 Å². The molecule has 0 aliphatic rings. The van der Waals surface area contributed by atoms with Crippen LogP contribution in [0.2, 0.25) is 0 Å². The summed E-state index contributed by atoms with van der Waals surface area (Å²) in [6.07, 6.45) is 0.438. The second kappa shape index (κ2) is 5.82. The van der Waals surface area contributed by atoms with Gasteiger partial charge in [0.25, 0.3) is 0 Å². The van der Waals surface area contributed by atoms with Gasteiger partial charge in [-0.15, -0.1) is 0 Å². The van der Waals surface area contributed by atoms with E-state index in [9.17, 15) is 4.79 Å². The first kappa shape index (κ1) is 14.0. The maximum atomic E-state index is 12.6. The van der Waals surface area contributed by atoms with Crippen LogP contribution in [0.25, 0.3) is 10.8 Å². The fourth-order valence-electron chi connectivity index (χ4n) is 2.61. The number of halogens is 1. The number of fused-ring (bicyclic) bond motifs is 1. The number of aryl methyl sites for hydroxylation is 1. The van der Waals surface area contributed by atoms with Crippen molar-refractivity contribution in [3.63, 3.8) is 0 Å². The molecule has 0 aliphatic carbocycles. The van der Waals surface area contributed by atoms with Crippen molar-refractivity contribution in [2.75, 3.05) is 0 Å². The van der Waals surface area contributed by atoms with Crippen molar-refractivity contribution in [1.82, 2.24) is 0 Å². The second-order valence-corrected chi connectivity index (χ2v) is 6.08. The topological polar surface area (TPSA) is 17.1 Å². The fraction of sp³-hybridized carbons (Fsp3) is 0.105. The summed E-state index contributed by atoms with van der Waals surface area (Å²) in [5.74, 6) is 0.157. The highest BCUT2D eigenvalue weighted by Crippen LogP contribution is 2.27. The molecule has 0 N–H and O–H groups in total. The first-order chi connectivity index (χ1) is 10.1. The summed E-state index contributed by atoms with van der Waals surface area (Å²) in [7, 11) is 0. The fourth-order valence-corrected chi connectivity index (χ4v) is 3.09. The van der Waals surface area contributed by atoms with E-state index in [2.05, 4.69) is 22.0 Å². The monoisotopic (exact) mass is 338 g/mol. The van der Waals surface area contributed by atoms with Crippen LogP contribution in [0.1, 0.15) is 21.5 Å². The van der Waals surface area contributed by atoms with E-state index in [-0.39, 0.29) is 5.78 Å². The van der Waals surface area contributed by atoms with Crippen LogP contribution in [0.5, 0.6) is 0 Å². The molecule has 1 nitrogen and oxygen atoms in total. The molecule has 3 rings (SSSR count). The lowest BCUT2D eigenvalue weighted by molar-refractivity contribution is 0.0994. The lowest BCUT2D eigenvalue weighted by Gasteiger charge is -2.08. The van der Waals surface area contributed by atoms with Crippen LogP contribution in [0, 0.1) is 6.92 Å². The minimum Gasteiger partial charge on any atom is -0.294 e. The minimum atomic E-state index is 0.157. The molecule has 0 saturated carbocycles. The van der Waals surface area contributed by atoms with E-state index in [4.69, 9.17) is 0 Å². The average molecular weight is 339 g/mol. The van der Waals surface area contributed by atoms with E-state index in [0.29, 0.717) is 6.42 Å². The van der Waals surface area contributed by atoms with Gasteiger partial charge in [-0.3, -0.25) is 4.79 Å². The van der Waals surface area contributed by atoms with E-state index < -0.39 is 0 Å². The molecule has 3 aromatic rings. The third-order valence-corrected chi connectivity index (χ3v) is 4.31. The standard InChI is InChI=1S/C19H15BrO/c1-13-5-4-6-14(11-13)12-19(21)17-9-10-18(20)16-8-3-2-7-15(16)17/h2-11H,12H2,1H3. The minimum absolute atomic E-state index is 0.157. The Morgan fingerprint density at radius 2 is 1.71 bits per heavy atom. The van der Waals surface area contributed by atoms with E-state index in [0.717, 1.165) is 26.4 Å². The molecule has 0 fully saturated rings. The summed E-state index contributed by atoms with van der Waals surface area (Å²) in [5, 5.41) is 2.08. The highest BCUT2D eigenvalue weighted by atomic mass is 79.9. The summed E-state index contributed by atoms with van der Waals surface area (Å²) in [6.45, 7) is 2.04. The smallest absolute Gasteiger partial charge is 0.167 e. The Morgan fingerprint density at radius 3 is 2.48 bits per heavy atom. The molecule has 104 valence electrons. The molecule has 0 saturated heterocycles. The zero-order chi connectivity index (χ0) is 14.8. The quantitative estimate of drug-likeness (QED) is 0.589. The number of hydrogen-bond acceptors (Lipinski definition) is 1. The molecule has 0 heterocycles. The highest BCUT2D eigenvalue weighted by Gasteiger charge is 2.12. The van der Waals surface area contributed by atoms with E-state index in [1.165, 1.54) is 5.56 Å². The molecule has 0 unspecified atom stereocenters. The predicted octanol–water partition coefficient (Wildman–Crippen LogP) is 5.34. The Bertz CT molecular complexity index is 821. The Balaban J connectivity index is 2.01. The van der Waals surface area contributed by atoms with Crippen LogP contribution in [0.3, 0.4) is 0 Å². The van der Waals surface area contributed by atoms with Crippen LogP contribution in [0.15, 0.2) is 65.1 Å². The van der Waals surface area contributed by atoms with E-state index >= 15 is 0 Å². The van der Waals surface area contributed by atoms with Crippen molar-refractivity contribution in [2.45, 2.75) is 13.3 Å². The Hall–Kier alpha value is -1.93. The number of carbonyl (C=O) groups is 1. The average Bonchev–Trinajstić information content (AvgIpc) is 2.48. The van der Waals surface area contributed by atoms with E-state index in [1.54, 1.807) is 0 Å². The summed E-state index contributed by atoms with van der Waals surface area (Å²) >= 11 is 3.55. The van der Waals surface area contributed by atoms with Crippen molar-refractivity contribution >= 4 is 32.5 Å². The molecule has 0 atom stereocenters. The molecule has 0 spiro atoms. The molecule has 2 heteroatoms. The van der Waals surface area contributed by atoms with Crippen LogP contribution < -0.4 is 0 Å². The number of hydrogen-bond donors (Lipinski definition) is 0. The largest absolute Gasteiger partial charge is 0.294 e. The normalized spacial score (nSPS) is 10.8. The zero-order valence-electron chi connectivity index (χ0n) is 11.8. The molecule has 0 aromatic heterocycles. The van der Waals surface area contributed by atoms with Crippen molar-refractivity contribution in [3.05, 3.63) is 81.8 Å². The third-order valence-electron chi connectivity index (χ3n) is 3.62. The lowest BCUT2D eigenvalue weighted by atomic mass is 9.97. The first-order valence-electron chi connectivity index (χ1n) is 6.91. The SMILES string of the molecule is Cc1cccc(CC(=O)c2ccc(Br)c3ccccc23)c1. The van der Waals surface area contributed by atoms with Gasteiger partial charge >= 0.3 is 0 Å². The number of ketones is 1. The van der Waals surface area contributed by atoms with Crippen molar-refractivity contribution in [2.24, 2.45) is 0 Å². The maximum absolute atomic E-state index is 12.6. The van der Waals surface area contributed by atoms with Gasteiger partial charge in [0, 0.05) is 16.5 Å². The van der Waals surface area contributed by atoms with Crippen LogP contribution in [-0.4, -0.2) is 5.78 Å². The maximum Gasteiger partial charge on any atom is 0.167 e. The number of Topliss-reactive ketones (excluding diaryl/α,β-unsaturated/α-hetero) is 1. The van der Waals surface area contributed by atoms with Crippen LogP contribution in [-0.2, 0) is 6.42 Å². The third kappa shape index (κ3) is 2.91. The van der Waals surface area contributed by atoms with Crippen molar-refractivity contribution in [1.29, 1.82) is 0 Å². The second-order valence-electron chi connectivity index (χ2n) is 5.23. The van der Waals surface area contributed by atoms with Gasteiger partial charge in [0.2, 0.25) is 0 Å². The van der Waals surface area contributed by atoms with Gasteiger partial charge in [-0.25, -0.2) is 0 Å². The van der Waals surface area contributed by atoms with Gasteiger partial charge in [0.1, 0.15) is 0 Å². The van der Waals surface area contributed by atoms with Gasteiger partial charge in [-0.1, -0.05) is 70.0 Å². The Morgan fingerprint density at radius 1 is 0.952 bits per heavy atom. The summed E-state index contributed by atoms with van der Waals surface area (Å²) < 4.78 is 1.02. The van der Waals surface area contributed by atoms with Gasteiger partial charge in [0.05, 0.1) is 0 Å². The number of rotatable bonds is 3. The molecule has 3 aromatic carbocycles. The van der Waals surface area contributed by atoms with E-state index in [1.807, 2.05) is 61.5 Å². The molecule has 0 amide bonds. The number of carbonyl (C=O) groups excluding carboxylic acids is 1. The zero-order valence-corrected chi connectivity index (χ0v) is 13.4. The predicted molar refractivity (Wildman–Crippen MR) is 90.9 cm³/mol. The molecular weight excluding hydrogens is 324 g/mol. The Labute approximate surface area is 132 Å². The molecule has 0 aliphatic heterocycles. The highest BCUT2D eigenvalue weighted by molar-refractivity contribution is 9.10. The summed E-state index contributed by atoms with van der Waals surface area (Å²) in [5.41, 5.74) is 3.03. The van der Waals surface area contributed by atoms with Gasteiger partial charge in [0.15, 0.2) is 5.78 Å². The summed E-state index contributed by atoms with van der Waals surface area (Å²) in [4.78, 5) is 12.6. The first-order valence-corrected chi connectivity index (χ1v) is 7.70. The molecule has 0 bridgehead atoms. The van der Waals surface area contributed by atoms with Gasteiger partial charge in [-0.05, 0) is 35.4 Å². The molecule has 0 radical (unpaired) electrons.